The summed E-state index contributed by atoms with van der Waals surface area (Å²) in [4.78, 5) is 23.9. The quantitative estimate of drug-likeness (QED) is 0.568. The number of nitrogens with one attached hydrogen (secondary N) is 1. The van der Waals surface area contributed by atoms with E-state index >= 15 is 0 Å². The third kappa shape index (κ3) is 2.06. The second kappa shape index (κ2) is 4.79. The number of urea groups is 1. The highest BCUT2D eigenvalue weighted by Crippen LogP contribution is 2.28. The van der Waals surface area contributed by atoms with Gasteiger partial charge in [0.15, 0.2) is 12.4 Å². The first-order valence-corrected chi connectivity index (χ1v) is 5.65. The van der Waals surface area contributed by atoms with Crippen LogP contribution in [0.5, 0.6) is 0 Å². The van der Waals surface area contributed by atoms with Crippen LogP contribution in [0.25, 0.3) is 0 Å². The van der Waals surface area contributed by atoms with Crippen LogP contribution in [0.15, 0.2) is 0 Å². The molecule has 0 spiro atoms. The van der Waals surface area contributed by atoms with Crippen molar-refractivity contribution in [2.75, 3.05) is 13.2 Å². The van der Waals surface area contributed by atoms with Gasteiger partial charge in [0.25, 0.3) is 0 Å². The summed E-state index contributed by atoms with van der Waals surface area (Å²) in [5, 5.41) is 20.5. The Morgan fingerprint density at radius 3 is 2.78 bits per heavy atom. The Kier molecular flexibility index (Phi) is 3.51. The predicted molar refractivity (Wildman–Crippen MR) is 56.1 cm³/mol. The Labute approximate surface area is 103 Å². The average molecular weight is 262 g/mol. The SMILES string of the molecule is CC1CN([C@@H]2O[C@H](CO)[C@@H](O)C2F)C(=O)NC1=O. The molecule has 0 saturated carbocycles. The molecule has 0 aromatic heterocycles. The van der Waals surface area contributed by atoms with E-state index in [1.165, 1.54) is 0 Å². The van der Waals surface area contributed by atoms with Crippen molar-refractivity contribution in [1.82, 2.24) is 10.2 Å². The van der Waals surface area contributed by atoms with E-state index in [0.717, 1.165) is 4.90 Å². The molecule has 2 saturated heterocycles. The van der Waals surface area contributed by atoms with Crippen molar-refractivity contribution in [3.05, 3.63) is 0 Å². The maximum atomic E-state index is 13.8. The fraction of sp³-hybridized carbons (Fsp3) is 0.800. The molecule has 2 aliphatic heterocycles. The van der Waals surface area contributed by atoms with Gasteiger partial charge >= 0.3 is 6.03 Å². The van der Waals surface area contributed by atoms with Gasteiger partial charge in [-0.25, -0.2) is 9.18 Å². The zero-order chi connectivity index (χ0) is 13.4. The van der Waals surface area contributed by atoms with Gasteiger partial charge in [0.2, 0.25) is 5.91 Å². The number of amides is 3. The largest absolute Gasteiger partial charge is 0.394 e. The molecule has 2 heterocycles. The van der Waals surface area contributed by atoms with E-state index in [2.05, 4.69) is 5.32 Å². The van der Waals surface area contributed by atoms with Gasteiger partial charge < -0.3 is 14.9 Å². The average Bonchev–Trinajstić information content (AvgIpc) is 2.61. The van der Waals surface area contributed by atoms with Gasteiger partial charge in [-0.15, -0.1) is 0 Å². The topological polar surface area (TPSA) is 99.1 Å². The first-order chi connectivity index (χ1) is 8.45. The second-order valence-corrected chi connectivity index (χ2v) is 4.53. The number of alkyl halides is 1. The number of imide groups is 1. The molecule has 102 valence electrons. The lowest BCUT2D eigenvalue weighted by Crippen LogP contribution is -2.59. The van der Waals surface area contributed by atoms with Crippen LogP contribution in [0.3, 0.4) is 0 Å². The molecule has 5 atom stereocenters. The third-order valence-electron chi connectivity index (χ3n) is 3.19. The van der Waals surface area contributed by atoms with Crippen molar-refractivity contribution in [3.8, 4) is 0 Å². The number of carbonyl (C=O) groups is 2. The van der Waals surface area contributed by atoms with Crippen LogP contribution in [-0.4, -0.2) is 64.8 Å². The summed E-state index contributed by atoms with van der Waals surface area (Å²) in [6, 6.07) is -0.753. The molecule has 3 amide bonds. The molecule has 0 radical (unpaired) electrons. The summed E-state index contributed by atoms with van der Waals surface area (Å²) in [5.41, 5.74) is 0. The molecule has 2 unspecified atom stereocenters. The zero-order valence-corrected chi connectivity index (χ0v) is 9.75. The van der Waals surface area contributed by atoms with Crippen LogP contribution in [0.4, 0.5) is 9.18 Å². The Balaban J connectivity index is 2.12. The molecule has 7 nitrogen and oxygen atoms in total. The summed E-state index contributed by atoms with van der Waals surface area (Å²) in [7, 11) is 0. The number of rotatable bonds is 2. The monoisotopic (exact) mass is 262 g/mol. The number of halogens is 1. The van der Waals surface area contributed by atoms with Crippen LogP contribution in [-0.2, 0) is 9.53 Å². The molecule has 3 N–H and O–H groups in total. The summed E-state index contributed by atoms with van der Waals surface area (Å²) in [6.07, 6.45) is -5.65. The van der Waals surface area contributed by atoms with E-state index in [1.54, 1.807) is 6.92 Å². The maximum absolute atomic E-state index is 13.8. The number of carbonyl (C=O) groups excluding carboxylic acids is 2. The summed E-state index contributed by atoms with van der Waals surface area (Å²) >= 11 is 0. The van der Waals surface area contributed by atoms with Crippen molar-refractivity contribution >= 4 is 11.9 Å². The number of hydrogen-bond acceptors (Lipinski definition) is 5. The summed E-state index contributed by atoms with van der Waals surface area (Å²) in [6.45, 7) is 1.07. The number of aliphatic hydroxyl groups excluding tert-OH is 2. The minimum atomic E-state index is -1.81. The van der Waals surface area contributed by atoms with Gasteiger partial charge in [-0.3, -0.25) is 15.0 Å². The van der Waals surface area contributed by atoms with E-state index < -0.39 is 49.1 Å². The van der Waals surface area contributed by atoms with Crippen LogP contribution in [0.1, 0.15) is 6.92 Å². The normalized spacial score (nSPS) is 41.1. The number of hydrogen-bond donors (Lipinski definition) is 3. The van der Waals surface area contributed by atoms with E-state index in [9.17, 15) is 19.1 Å². The fourth-order valence-electron chi connectivity index (χ4n) is 2.09. The molecule has 18 heavy (non-hydrogen) atoms. The molecular formula is C10H15FN2O5. The van der Waals surface area contributed by atoms with Gasteiger partial charge in [0, 0.05) is 6.54 Å². The highest BCUT2D eigenvalue weighted by Gasteiger charge is 2.49. The molecule has 8 heteroatoms. The Bertz CT molecular complexity index is 366. The lowest BCUT2D eigenvalue weighted by molar-refractivity contribution is -0.129. The van der Waals surface area contributed by atoms with Gasteiger partial charge in [-0.1, -0.05) is 6.92 Å². The van der Waals surface area contributed by atoms with Gasteiger partial charge in [0.1, 0.15) is 12.2 Å². The van der Waals surface area contributed by atoms with Crippen molar-refractivity contribution in [3.63, 3.8) is 0 Å². The second-order valence-electron chi connectivity index (χ2n) is 4.53. The van der Waals surface area contributed by atoms with E-state index in [0.29, 0.717) is 0 Å². The first kappa shape index (κ1) is 13.2. The minimum absolute atomic E-state index is 0.0145. The molecule has 0 aliphatic carbocycles. The standard InChI is InChI=1S/C10H15FN2O5/c1-4-2-13(10(17)12-8(4)16)9-6(11)7(15)5(3-14)18-9/h4-7,9,14-15H,2-3H2,1H3,(H,12,16,17)/t4?,5-,6?,7-,9-/m1/s1. The van der Waals surface area contributed by atoms with Crippen molar-refractivity contribution in [2.45, 2.75) is 31.5 Å². The number of nitrogens with zero attached hydrogens (tertiary/aromatic N) is 1. The summed E-state index contributed by atoms with van der Waals surface area (Å²) in [5.74, 6) is -0.910. The highest BCUT2D eigenvalue weighted by atomic mass is 19.1. The van der Waals surface area contributed by atoms with E-state index in [-0.39, 0.29) is 6.54 Å². The van der Waals surface area contributed by atoms with Crippen LogP contribution >= 0.6 is 0 Å². The maximum Gasteiger partial charge on any atom is 0.326 e. The molecule has 2 aliphatic rings. The van der Waals surface area contributed by atoms with Crippen molar-refractivity contribution < 1.29 is 28.9 Å². The lowest BCUT2D eigenvalue weighted by Gasteiger charge is -2.34. The molecule has 0 aromatic rings. The van der Waals surface area contributed by atoms with E-state index in [4.69, 9.17) is 9.84 Å². The number of aliphatic hydroxyl groups is 2. The molecule has 0 aromatic carbocycles. The minimum Gasteiger partial charge on any atom is -0.394 e. The number of ether oxygens (including phenoxy) is 1. The van der Waals surface area contributed by atoms with Gasteiger partial charge in [-0.2, -0.15) is 0 Å². The fourth-order valence-corrected chi connectivity index (χ4v) is 2.09. The van der Waals surface area contributed by atoms with Crippen molar-refractivity contribution in [2.24, 2.45) is 5.92 Å². The lowest BCUT2D eigenvalue weighted by atomic mass is 10.1. The van der Waals surface area contributed by atoms with Crippen LogP contribution < -0.4 is 5.32 Å². The summed E-state index contributed by atoms with van der Waals surface area (Å²) < 4.78 is 18.9. The first-order valence-electron chi connectivity index (χ1n) is 5.65. The van der Waals surface area contributed by atoms with Gasteiger partial charge in [0.05, 0.1) is 12.5 Å². The molecular weight excluding hydrogens is 247 g/mol. The van der Waals surface area contributed by atoms with Crippen LogP contribution in [0, 0.1) is 5.92 Å². The smallest absolute Gasteiger partial charge is 0.326 e. The van der Waals surface area contributed by atoms with E-state index in [1.807, 2.05) is 0 Å². The Morgan fingerprint density at radius 1 is 1.56 bits per heavy atom. The third-order valence-corrected chi connectivity index (χ3v) is 3.19. The highest BCUT2D eigenvalue weighted by molar-refractivity contribution is 5.97. The molecule has 2 rings (SSSR count). The molecule has 2 fully saturated rings. The Morgan fingerprint density at radius 2 is 2.22 bits per heavy atom. The predicted octanol–water partition coefficient (Wildman–Crippen LogP) is -1.41. The van der Waals surface area contributed by atoms with Crippen LogP contribution in [0.2, 0.25) is 0 Å². The van der Waals surface area contributed by atoms with Crippen molar-refractivity contribution in [1.29, 1.82) is 0 Å². The Hall–Kier alpha value is -1.25. The zero-order valence-electron chi connectivity index (χ0n) is 9.75. The molecule has 0 bridgehead atoms. The van der Waals surface area contributed by atoms with Gasteiger partial charge in [-0.05, 0) is 0 Å².